The zero-order valence-corrected chi connectivity index (χ0v) is 12.3. The second-order valence-electron chi connectivity index (χ2n) is 5.85. The van der Waals surface area contributed by atoms with E-state index in [0.29, 0.717) is 19.3 Å². The van der Waals surface area contributed by atoms with E-state index >= 15 is 0 Å². The number of likely N-dealkylation sites (tertiary alicyclic amines) is 1. The standard InChI is InChI=1S/C18H19NO3/c20-13-15(12-14-4-2-1-3-5-14)19-17(22)8-11-18(19)9-6-16(21)7-10-18/h1-7,9-10,15,20H,8,11-13H2/t15-/m0/s1. The van der Waals surface area contributed by atoms with Gasteiger partial charge in [0.2, 0.25) is 5.91 Å². The van der Waals surface area contributed by atoms with E-state index in [9.17, 15) is 14.7 Å². The third kappa shape index (κ3) is 2.62. The Hall–Kier alpha value is -2.20. The average Bonchev–Trinajstić information content (AvgIpc) is 2.86. The molecule has 1 aromatic carbocycles. The quantitative estimate of drug-likeness (QED) is 0.919. The van der Waals surface area contributed by atoms with Crippen LogP contribution < -0.4 is 0 Å². The number of ketones is 1. The molecule has 22 heavy (non-hydrogen) atoms. The van der Waals surface area contributed by atoms with Crippen molar-refractivity contribution in [3.63, 3.8) is 0 Å². The summed E-state index contributed by atoms with van der Waals surface area (Å²) in [4.78, 5) is 25.5. The molecule has 1 aliphatic heterocycles. The van der Waals surface area contributed by atoms with Crippen LogP contribution in [-0.4, -0.2) is 39.9 Å². The molecule has 0 saturated carbocycles. The first-order chi connectivity index (χ1) is 10.6. The van der Waals surface area contributed by atoms with E-state index in [0.717, 1.165) is 5.56 Å². The third-order valence-corrected chi connectivity index (χ3v) is 4.42. The lowest BCUT2D eigenvalue weighted by atomic mass is 9.89. The summed E-state index contributed by atoms with van der Waals surface area (Å²) in [6, 6.07) is 9.53. The van der Waals surface area contributed by atoms with Crippen LogP contribution in [0.4, 0.5) is 0 Å². The van der Waals surface area contributed by atoms with Crippen LogP contribution in [0.1, 0.15) is 18.4 Å². The van der Waals surface area contributed by atoms with E-state index in [1.54, 1.807) is 17.1 Å². The van der Waals surface area contributed by atoms with Crippen LogP contribution in [0.3, 0.4) is 0 Å². The number of amides is 1. The lowest BCUT2D eigenvalue weighted by Crippen LogP contribution is -2.52. The number of hydrogen-bond donors (Lipinski definition) is 1. The highest BCUT2D eigenvalue weighted by Gasteiger charge is 2.45. The Morgan fingerprint density at radius 1 is 1.14 bits per heavy atom. The number of nitrogens with zero attached hydrogens (tertiary/aromatic N) is 1. The maximum Gasteiger partial charge on any atom is 0.223 e. The lowest BCUT2D eigenvalue weighted by molar-refractivity contribution is -0.133. The number of benzene rings is 1. The molecular formula is C18H19NO3. The van der Waals surface area contributed by atoms with Crippen molar-refractivity contribution < 1.29 is 14.7 Å². The molecule has 1 heterocycles. The summed E-state index contributed by atoms with van der Waals surface area (Å²) in [7, 11) is 0. The molecule has 1 aliphatic carbocycles. The molecular weight excluding hydrogens is 278 g/mol. The molecule has 0 aromatic heterocycles. The number of aliphatic hydroxyl groups excluding tert-OH is 1. The molecule has 114 valence electrons. The smallest absolute Gasteiger partial charge is 0.223 e. The molecule has 1 fully saturated rings. The number of carbonyl (C=O) groups excluding carboxylic acids is 2. The predicted molar refractivity (Wildman–Crippen MR) is 83.1 cm³/mol. The Bertz CT molecular complexity index is 617. The minimum Gasteiger partial charge on any atom is -0.394 e. The Kier molecular flexibility index (Phi) is 3.94. The summed E-state index contributed by atoms with van der Waals surface area (Å²) in [5.41, 5.74) is 0.518. The highest BCUT2D eigenvalue weighted by Crippen LogP contribution is 2.37. The van der Waals surface area contributed by atoms with Crippen LogP contribution in [0.25, 0.3) is 0 Å². The minimum absolute atomic E-state index is 0.0265. The molecule has 1 aromatic rings. The predicted octanol–water partition coefficient (Wildman–Crippen LogP) is 1.65. The highest BCUT2D eigenvalue weighted by atomic mass is 16.3. The lowest BCUT2D eigenvalue weighted by Gasteiger charge is -2.40. The topological polar surface area (TPSA) is 57.6 Å². The van der Waals surface area contributed by atoms with Gasteiger partial charge in [-0.3, -0.25) is 9.59 Å². The fourth-order valence-electron chi connectivity index (χ4n) is 3.34. The second-order valence-corrected chi connectivity index (χ2v) is 5.85. The number of allylic oxidation sites excluding steroid dienone is 2. The first-order valence-electron chi connectivity index (χ1n) is 7.54. The maximum atomic E-state index is 12.4. The molecule has 2 aliphatic rings. The van der Waals surface area contributed by atoms with Crippen molar-refractivity contribution in [2.75, 3.05) is 6.61 Å². The van der Waals surface area contributed by atoms with Crippen molar-refractivity contribution in [3.8, 4) is 0 Å². The van der Waals surface area contributed by atoms with Crippen LogP contribution >= 0.6 is 0 Å². The first-order valence-corrected chi connectivity index (χ1v) is 7.54. The first kappa shape index (κ1) is 14.7. The average molecular weight is 297 g/mol. The van der Waals surface area contributed by atoms with Crippen molar-refractivity contribution in [2.45, 2.75) is 30.8 Å². The van der Waals surface area contributed by atoms with Gasteiger partial charge in [-0.2, -0.15) is 0 Å². The summed E-state index contributed by atoms with van der Waals surface area (Å²) < 4.78 is 0. The number of hydrogen-bond acceptors (Lipinski definition) is 3. The Labute approximate surface area is 129 Å². The molecule has 4 nitrogen and oxygen atoms in total. The van der Waals surface area contributed by atoms with Crippen LogP contribution in [-0.2, 0) is 16.0 Å². The Balaban J connectivity index is 1.89. The SMILES string of the molecule is O=C1C=CC2(C=C1)CCC(=O)N2[C@H](CO)Cc1ccccc1. The molecule has 4 heteroatoms. The second kappa shape index (κ2) is 5.89. The molecule has 0 radical (unpaired) electrons. The highest BCUT2D eigenvalue weighted by molar-refractivity contribution is 6.01. The molecule has 1 amide bonds. The largest absolute Gasteiger partial charge is 0.394 e. The zero-order valence-electron chi connectivity index (χ0n) is 12.3. The third-order valence-electron chi connectivity index (χ3n) is 4.42. The molecule has 0 bridgehead atoms. The van der Waals surface area contributed by atoms with Gasteiger partial charge in [0, 0.05) is 6.42 Å². The van der Waals surface area contributed by atoms with Crippen molar-refractivity contribution in [1.82, 2.24) is 4.90 Å². The van der Waals surface area contributed by atoms with Gasteiger partial charge < -0.3 is 10.0 Å². The van der Waals surface area contributed by atoms with E-state index < -0.39 is 5.54 Å². The van der Waals surface area contributed by atoms with Gasteiger partial charge in [-0.1, -0.05) is 42.5 Å². The minimum atomic E-state index is -0.562. The van der Waals surface area contributed by atoms with Gasteiger partial charge in [0.15, 0.2) is 5.78 Å². The van der Waals surface area contributed by atoms with Crippen LogP contribution in [0, 0.1) is 0 Å². The number of carbonyl (C=O) groups is 2. The van der Waals surface area contributed by atoms with Crippen molar-refractivity contribution >= 4 is 11.7 Å². The fraction of sp³-hybridized carbons (Fsp3) is 0.333. The van der Waals surface area contributed by atoms with E-state index in [1.807, 2.05) is 30.3 Å². The maximum absolute atomic E-state index is 12.4. The van der Waals surface area contributed by atoms with Gasteiger partial charge in [-0.05, 0) is 30.6 Å². The molecule has 3 rings (SSSR count). The van der Waals surface area contributed by atoms with Crippen LogP contribution in [0.2, 0.25) is 0 Å². The summed E-state index contributed by atoms with van der Waals surface area (Å²) in [6.07, 6.45) is 8.32. The van der Waals surface area contributed by atoms with Gasteiger partial charge in [0.25, 0.3) is 0 Å². The number of rotatable bonds is 4. The van der Waals surface area contributed by atoms with Gasteiger partial charge in [-0.15, -0.1) is 0 Å². The van der Waals surface area contributed by atoms with E-state index in [1.165, 1.54) is 12.2 Å². The van der Waals surface area contributed by atoms with Gasteiger partial charge in [0.05, 0.1) is 18.2 Å². The van der Waals surface area contributed by atoms with E-state index in [-0.39, 0.29) is 24.3 Å². The van der Waals surface area contributed by atoms with E-state index in [2.05, 4.69) is 0 Å². The van der Waals surface area contributed by atoms with Crippen molar-refractivity contribution in [3.05, 3.63) is 60.2 Å². The van der Waals surface area contributed by atoms with Gasteiger partial charge in [-0.25, -0.2) is 0 Å². The zero-order chi connectivity index (χ0) is 15.6. The van der Waals surface area contributed by atoms with Crippen LogP contribution in [0.5, 0.6) is 0 Å². The summed E-state index contributed by atoms with van der Waals surface area (Å²) >= 11 is 0. The van der Waals surface area contributed by atoms with E-state index in [4.69, 9.17) is 0 Å². The molecule has 1 spiro atoms. The van der Waals surface area contributed by atoms with Gasteiger partial charge >= 0.3 is 0 Å². The summed E-state index contributed by atoms with van der Waals surface area (Å²) in [5, 5.41) is 9.82. The van der Waals surface area contributed by atoms with Gasteiger partial charge in [0.1, 0.15) is 0 Å². The van der Waals surface area contributed by atoms with Crippen molar-refractivity contribution in [2.24, 2.45) is 0 Å². The fourth-order valence-corrected chi connectivity index (χ4v) is 3.34. The number of aliphatic hydroxyl groups is 1. The molecule has 1 saturated heterocycles. The summed E-state index contributed by atoms with van der Waals surface area (Å²) in [5.74, 6) is -0.0350. The Morgan fingerprint density at radius 2 is 1.82 bits per heavy atom. The summed E-state index contributed by atoms with van der Waals surface area (Å²) in [6.45, 7) is -0.0992. The van der Waals surface area contributed by atoms with Crippen LogP contribution in [0.15, 0.2) is 54.6 Å². The normalized spacial score (nSPS) is 20.9. The molecule has 0 unspecified atom stereocenters. The monoisotopic (exact) mass is 297 g/mol. The van der Waals surface area contributed by atoms with Crippen molar-refractivity contribution in [1.29, 1.82) is 0 Å². The Morgan fingerprint density at radius 3 is 2.45 bits per heavy atom. The molecule has 1 N–H and O–H groups in total. The molecule has 1 atom stereocenters.